The van der Waals surface area contributed by atoms with E-state index in [4.69, 9.17) is 4.98 Å². The Morgan fingerprint density at radius 2 is 2.00 bits per heavy atom. The summed E-state index contributed by atoms with van der Waals surface area (Å²) in [7, 11) is 1.88. The van der Waals surface area contributed by atoms with Gasteiger partial charge in [0.25, 0.3) is 0 Å². The number of aryl methyl sites for hydroxylation is 1. The number of carbonyl (C=O) groups is 1. The number of fused-ring (bicyclic) bond motifs is 1. The van der Waals surface area contributed by atoms with Gasteiger partial charge >= 0.3 is 0 Å². The second-order valence-corrected chi connectivity index (χ2v) is 8.22. The Kier molecular flexibility index (Phi) is 5.60. The monoisotopic (exact) mass is 427 g/mol. The average molecular weight is 428 g/mol. The molecule has 0 atom stereocenters. The summed E-state index contributed by atoms with van der Waals surface area (Å²) in [6, 6.07) is 11.8. The summed E-state index contributed by atoms with van der Waals surface area (Å²) in [6.45, 7) is 2.60. The second kappa shape index (κ2) is 8.84. The molecule has 8 heteroatoms. The third kappa shape index (κ3) is 4.50. The number of rotatable bonds is 5. The van der Waals surface area contributed by atoms with E-state index in [1.165, 1.54) is 0 Å². The van der Waals surface area contributed by atoms with Crippen molar-refractivity contribution >= 4 is 22.6 Å². The van der Waals surface area contributed by atoms with Gasteiger partial charge in [0.15, 0.2) is 0 Å². The predicted molar refractivity (Wildman–Crippen MR) is 123 cm³/mol. The van der Waals surface area contributed by atoms with Gasteiger partial charge in [-0.3, -0.25) is 19.4 Å². The Morgan fingerprint density at radius 3 is 2.75 bits per heavy atom. The molecule has 162 valence electrons. The van der Waals surface area contributed by atoms with Gasteiger partial charge in [0.05, 0.1) is 23.1 Å². The largest absolute Gasteiger partial charge is 0.310 e. The van der Waals surface area contributed by atoms with Crippen LogP contribution in [-0.2, 0) is 18.4 Å². The first-order chi connectivity index (χ1) is 15.6. The number of nitrogens with zero attached hydrogens (tertiary/aromatic N) is 6. The van der Waals surface area contributed by atoms with Crippen LogP contribution in [0.4, 0.5) is 5.82 Å². The number of nitrogens with one attached hydrogen (secondary N) is 1. The van der Waals surface area contributed by atoms with E-state index < -0.39 is 0 Å². The molecule has 32 heavy (non-hydrogen) atoms. The highest BCUT2D eigenvalue weighted by Gasteiger charge is 2.25. The average Bonchev–Trinajstić information content (AvgIpc) is 3.26. The molecule has 4 aromatic rings. The highest BCUT2D eigenvalue weighted by molar-refractivity contribution is 5.93. The van der Waals surface area contributed by atoms with Crippen LogP contribution in [0, 0.1) is 5.92 Å². The lowest BCUT2D eigenvalue weighted by atomic mass is 9.96. The second-order valence-electron chi connectivity index (χ2n) is 8.22. The van der Waals surface area contributed by atoms with Crippen LogP contribution >= 0.6 is 0 Å². The Bertz CT molecular complexity index is 1230. The minimum atomic E-state index is -0.0119. The first-order valence-corrected chi connectivity index (χ1v) is 10.8. The molecule has 5 rings (SSSR count). The number of hydrogen-bond acceptors (Lipinski definition) is 6. The van der Waals surface area contributed by atoms with Gasteiger partial charge in [-0.05, 0) is 50.2 Å². The number of aromatic nitrogens is 5. The highest BCUT2D eigenvalue weighted by atomic mass is 16.1. The van der Waals surface area contributed by atoms with Crippen LogP contribution in [0.2, 0.25) is 0 Å². The lowest BCUT2D eigenvalue weighted by Gasteiger charge is -2.30. The van der Waals surface area contributed by atoms with Gasteiger partial charge in [0.2, 0.25) is 5.91 Å². The predicted octanol–water partition coefficient (Wildman–Crippen LogP) is 3.28. The van der Waals surface area contributed by atoms with Crippen molar-refractivity contribution in [2.45, 2.75) is 19.4 Å². The minimum Gasteiger partial charge on any atom is -0.310 e. The lowest BCUT2D eigenvalue weighted by molar-refractivity contribution is -0.121. The third-order valence-corrected chi connectivity index (χ3v) is 5.90. The molecule has 1 N–H and O–H groups in total. The molecule has 1 aliphatic rings. The number of piperidine rings is 1. The number of pyridine rings is 3. The summed E-state index contributed by atoms with van der Waals surface area (Å²) in [4.78, 5) is 28.7. The van der Waals surface area contributed by atoms with Crippen LogP contribution in [0.1, 0.15) is 18.5 Å². The quantitative estimate of drug-likeness (QED) is 0.526. The molecular formula is C24H25N7O. The molecule has 0 radical (unpaired) electrons. The zero-order chi connectivity index (χ0) is 21.9. The van der Waals surface area contributed by atoms with Crippen molar-refractivity contribution in [3.8, 4) is 11.3 Å². The number of amides is 1. The first kappa shape index (κ1) is 20.3. The molecule has 0 aromatic carbocycles. The fourth-order valence-corrected chi connectivity index (χ4v) is 4.10. The minimum absolute atomic E-state index is 0.0119. The summed E-state index contributed by atoms with van der Waals surface area (Å²) >= 11 is 0. The van der Waals surface area contributed by atoms with Gasteiger partial charge in [-0.1, -0.05) is 6.07 Å². The van der Waals surface area contributed by atoms with Crippen molar-refractivity contribution < 1.29 is 4.79 Å². The van der Waals surface area contributed by atoms with E-state index in [9.17, 15) is 4.79 Å². The molecule has 0 spiro atoms. The van der Waals surface area contributed by atoms with E-state index in [0.717, 1.165) is 60.3 Å². The summed E-state index contributed by atoms with van der Waals surface area (Å²) in [5, 5.41) is 8.13. The molecule has 8 nitrogen and oxygen atoms in total. The zero-order valence-corrected chi connectivity index (χ0v) is 18.0. The van der Waals surface area contributed by atoms with Crippen molar-refractivity contribution in [2.75, 3.05) is 18.4 Å². The van der Waals surface area contributed by atoms with Crippen molar-refractivity contribution in [3.05, 3.63) is 66.9 Å². The molecule has 0 bridgehead atoms. The molecule has 1 fully saturated rings. The fraction of sp³-hybridized carbons (Fsp3) is 0.292. The molecule has 0 saturated carbocycles. The smallest absolute Gasteiger partial charge is 0.228 e. The molecule has 4 aromatic heterocycles. The molecule has 0 unspecified atom stereocenters. The third-order valence-electron chi connectivity index (χ3n) is 5.90. The number of hydrogen-bond donors (Lipinski definition) is 1. The first-order valence-electron chi connectivity index (χ1n) is 10.8. The van der Waals surface area contributed by atoms with Crippen molar-refractivity contribution in [1.29, 1.82) is 0 Å². The van der Waals surface area contributed by atoms with Crippen LogP contribution in [0.25, 0.3) is 22.2 Å². The summed E-state index contributed by atoms with van der Waals surface area (Å²) in [6.07, 6.45) is 8.95. The van der Waals surface area contributed by atoms with Gasteiger partial charge in [-0.25, -0.2) is 9.97 Å². The molecule has 1 saturated heterocycles. The molecular weight excluding hydrogens is 402 g/mol. The zero-order valence-electron chi connectivity index (χ0n) is 18.0. The van der Waals surface area contributed by atoms with Gasteiger partial charge in [-0.15, -0.1) is 0 Å². The maximum Gasteiger partial charge on any atom is 0.228 e. The van der Waals surface area contributed by atoms with E-state index in [0.29, 0.717) is 5.82 Å². The van der Waals surface area contributed by atoms with Gasteiger partial charge in [0, 0.05) is 55.1 Å². The van der Waals surface area contributed by atoms with E-state index in [-0.39, 0.29) is 11.8 Å². The highest BCUT2D eigenvalue weighted by Crippen LogP contribution is 2.23. The fourth-order valence-electron chi connectivity index (χ4n) is 4.10. The Hall–Kier alpha value is -3.65. The Morgan fingerprint density at radius 1 is 1.12 bits per heavy atom. The Labute approximate surface area is 186 Å². The van der Waals surface area contributed by atoms with Crippen molar-refractivity contribution in [3.63, 3.8) is 0 Å². The number of likely N-dealkylation sites (tertiary alicyclic amines) is 1. The van der Waals surface area contributed by atoms with Crippen LogP contribution in [-0.4, -0.2) is 48.6 Å². The van der Waals surface area contributed by atoms with Gasteiger partial charge < -0.3 is 5.32 Å². The molecule has 1 amide bonds. The Balaban J connectivity index is 1.22. The molecule has 0 aliphatic carbocycles. The van der Waals surface area contributed by atoms with Crippen molar-refractivity contribution in [1.82, 2.24) is 29.6 Å². The van der Waals surface area contributed by atoms with Crippen LogP contribution in [0.5, 0.6) is 0 Å². The van der Waals surface area contributed by atoms with E-state index >= 15 is 0 Å². The van der Waals surface area contributed by atoms with Gasteiger partial charge in [0.1, 0.15) is 5.82 Å². The topological polar surface area (TPSA) is 88.8 Å². The normalized spacial score (nSPS) is 15.2. The van der Waals surface area contributed by atoms with Crippen LogP contribution in [0.3, 0.4) is 0 Å². The summed E-state index contributed by atoms with van der Waals surface area (Å²) in [5.74, 6) is 0.550. The SMILES string of the molecule is Cn1cc(-c2ccc3cnc(NC(=O)C4CCN(Cc5ccccn5)CC4)cc3n2)cn1. The maximum atomic E-state index is 12.8. The number of anilines is 1. The summed E-state index contributed by atoms with van der Waals surface area (Å²) in [5.41, 5.74) is 3.65. The van der Waals surface area contributed by atoms with Gasteiger partial charge in [-0.2, -0.15) is 5.10 Å². The number of carbonyl (C=O) groups excluding carboxylic acids is 1. The molecule has 1 aliphatic heterocycles. The van der Waals surface area contributed by atoms with E-state index in [2.05, 4.69) is 25.3 Å². The van der Waals surface area contributed by atoms with E-state index in [1.807, 2.05) is 55.8 Å². The van der Waals surface area contributed by atoms with E-state index in [1.54, 1.807) is 17.1 Å². The van der Waals surface area contributed by atoms with Crippen LogP contribution in [0.15, 0.2) is 61.2 Å². The standard InChI is InChI=1S/C24H25N7O/c1-30-15-19(14-27-30)21-6-5-18-13-26-23(12-22(18)28-21)29-24(32)17-7-10-31(11-8-17)16-20-4-2-3-9-25-20/h2-6,9,12-15,17H,7-8,10-11,16H2,1H3,(H,26,29,32). The lowest BCUT2D eigenvalue weighted by Crippen LogP contribution is -2.38. The van der Waals surface area contributed by atoms with Crippen LogP contribution < -0.4 is 5.32 Å². The maximum absolute atomic E-state index is 12.8. The summed E-state index contributed by atoms with van der Waals surface area (Å²) < 4.78 is 1.75. The molecule has 5 heterocycles. The van der Waals surface area contributed by atoms with Crippen molar-refractivity contribution in [2.24, 2.45) is 13.0 Å².